The Morgan fingerprint density at radius 3 is 2.33 bits per heavy atom. The van der Waals surface area contributed by atoms with Crippen molar-refractivity contribution in [2.24, 2.45) is 0 Å². The molecule has 0 spiro atoms. The van der Waals surface area contributed by atoms with Crippen LogP contribution in [-0.4, -0.2) is 18.7 Å². The first-order valence-corrected chi connectivity index (χ1v) is 4.21. The van der Waals surface area contributed by atoms with Gasteiger partial charge in [0.25, 0.3) is 10.1 Å². The SMILES string of the molecule is C/C(=C\Cl)CS(=O)(=O)O. The molecule has 0 rings (SSSR count). The average molecular weight is 171 g/mol. The van der Waals surface area contributed by atoms with Crippen molar-refractivity contribution < 1.29 is 13.0 Å². The molecule has 0 fully saturated rings. The zero-order chi connectivity index (χ0) is 7.49. The summed E-state index contributed by atoms with van der Waals surface area (Å²) in [5.74, 6) is -0.392. The third kappa shape index (κ3) is 5.82. The van der Waals surface area contributed by atoms with Crippen LogP contribution in [0.15, 0.2) is 11.1 Å². The summed E-state index contributed by atoms with van der Waals surface area (Å²) in [5, 5.41) is 0. The van der Waals surface area contributed by atoms with Crippen LogP contribution in [0.1, 0.15) is 6.92 Å². The number of hydrogen-bond acceptors (Lipinski definition) is 2. The van der Waals surface area contributed by atoms with E-state index in [2.05, 4.69) is 0 Å². The van der Waals surface area contributed by atoms with E-state index in [1.54, 1.807) is 0 Å². The molecule has 1 N–H and O–H groups in total. The number of hydrogen-bond donors (Lipinski definition) is 1. The van der Waals surface area contributed by atoms with Gasteiger partial charge in [0.1, 0.15) is 0 Å². The summed E-state index contributed by atoms with van der Waals surface area (Å²) in [5.41, 5.74) is 1.53. The molecule has 9 heavy (non-hydrogen) atoms. The minimum Gasteiger partial charge on any atom is -0.285 e. The second-order valence-electron chi connectivity index (χ2n) is 1.68. The fourth-order valence-electron chi connectivity index (χ4n) is 0.319. The zero-order valence-electron chi connectivity index (χ0n) is 4.83. The highest BCUT2D eigenvalue weighted by Crippen LogP contribution is 1.98. The van der Waals surface area contributed by atoms with E-state index in [4.69, 9.17) is 16.2 Å². The van der Waals surface area contributed by atoms with Crippen molar-refractivity contribution in [3.05, 3.63) is 11.1 Å². The van der Waals surface area contributed by atoms with Crippen LogP contribution < -0.4 is 0 Å². The quantitative estimate of drug-likeness (QED) is 0.630. The van der Waals surface area contributed by atoms with Gasteiger partial charge in [-0.1, -0.05) is 11.6 Å². The van der Waals surface area contributed by atoms with Gasteiger partial charge in [-0.25, -0.2) is 0 Å². The molecule has 0 aromatic rings. The summed E-state index contributed by atoms with van der Waals surface area (Å²) in [6, 6.07) is 0. The van der Waals surface area contributed by atoms with Crippen LogP contribution in [0.2, 0.25) is 0 Å². The van der Waals surface area contributed by atoms with Crippen LogP contribution in [0.25, 0.3) is 0 Å². The molecule has 0 aromatic carbocycles. The van der Waals surface area contributed by atoms with E-state index in [0.717, 1.165) is 5.54 Å². The molecule has 0 amide bonds. The predicted molar refractivity (Wildman–Crippen MR) is 36.0 cm³/mol. The molecule has 0 atom stereocenters. The highest BCUT2D eigenvalue weighted by atomic mass is 35.5. The van der Waals surface area contributed by atoms with Crippen molar-refractivity contribution in [3.8, 4) is 0 Å². The second kappa shape index (κ2) is 3.20. The maximum Gasteiger partial charge on any atom is 0.268 e. The minimum atomic E-state index is -3.89. The first-order chi connectivity index (χ1) is 3.95. The van der Waals surface area contributed by atoms with Crippen LogP contribution in [0, 0.1) is 0 Å². The summed E-state index contributed by atoms with van der Waals surface area (Å²) in [4.78, 5) is 0. The molecule has 0 saturated heterocycles. The highest BCUT2D eigenvalue weighted by molar-refractivity contribution is 7.85. The summed E-state index contributed by atoms with van der Waals surface area (Å²) in [6.45, 7) is 1.51. The molecule has 0 bridgehead atoms. The Labute approximate surface area is 59.1 Å². The predicted octanol–water partition coefficient (Wildman–Crippen LogP) is 1.02. The lowest BCUT2D eigenvalue weighted by Crippen LogP contribution is -2.03. The Kier molecular flexibility index (Phi) is 3.17. The van der Waals surface area contributed by atoms with Gasteiger partial charge in [-0.3, -0.25) is 4.55 Å². The van der Waals surface area contributed by atoms with E-state index < -0.39 is 15.9 Å². The van der Waals surface area contributed by atoms with Gasteiger partial charge in [-0.15, -0.1) is 0 Å². The van der Waals surface area contributed by atoms with Gasteiger partial charge in [-0.05, 0) is 12.5 Å². The smallest absolute Gasteiger partial charge is 0.268 e. The molecule has 0 radical (unpaired) electrons. The van der Waals surface area contributed by atoms with Crippen molar-refractivity contribution >= 4 is 21.7 Å². The highest BCUT2D eigenvalue weighted by Gasteiger charge is 2.03. The third-order valence-corrected chi connectivity index (χ3v) is 1.79. The Balaban J connectivity index is 4.07. The first kappa shape index (κ1) is 8.94. The molecule has 0 aromatic heterocycles. The summed E-state index contributed by atoms with van der Waals surface area (Å²) in [6.07, 6.45) is 0. The number of rotatable bonds is 2. The van der Waals surface area contributed by atoms with Crippen molar-refractivity contribution in [1.82, 2.24) is 0 Å². The topological polar surface area (TPSA) is 54.4 Å². The Hall–Kier alpha value is -0.0600. The summed E-state index contributed by atoms with van der Waals surface area (Å²) >= 11 is 5.12. The molecular formula is C4H7ClO3S. The Morgan fingerprint density at radius 1 is 1.78 bits per heavy atom. The lowest BCUT2D eigenvalue weighted by atomic mass is 10.4. The largest absolute Gasteiger partial charge is 0.285 e. The summed E-state index contributed by atoms with van der Waals surface area (Å²) in [7, 11) is -3.89. The number of halogens is 1. The monoisotopic (exact) mass is 170 g/mol. The zero-order valence-corrected chi connectivity index (χ0v) is 6.41. The molecule has 0 saturated carbocycles. The first-order valence-electron chi connectivity index (χ1n) is 2.17. The van der Waals surface area contributed by atoms with Crippen molar-refractivity contribution in [1.29, 1.82) is 0 Å². The van der Waals surface area contributed by atoms with Crippen molar-refractivity contribution in [2.75, 3.05) is 5.75 Å². The Morgan fingerprint density at radius 2 is 2.22 bits per heavy atom. The molecule has 0 heterocycles. The van der Waals surface area contributed by atoms with E-state index in [1.807, 2.05) is 0 Å². The van der Waals surface area contributed by atoms with Gasteiger partial charge in [-0.2, -0.15) is 8.42 Å². The normalized spacial score (nSPS) is 13.9. The Bertz CT molecular complexity index is 204. The maximum atomic E-state index is 10.1. The molecule has 0 aliphatic heterocycles. The van der Waals surface area contributed by atoms with Gasteiger partial charge in [0.2, 0.25) is 0 Å². The fraction of sp³-hybridized carbons (Fsp3) is 0.500. The van der Waals surface area contributed by atoms with Gasteiger partial charge < -0.3 is 0 Å². The average Bonchev–Trinajstić information content (AvgIpc) is 1.62. The molecular weight excluding hydrogens is 164 g/mol. The molecule has 0 aliphatic rings. The third-order valence-electron chi connectivity index (χ3n) is 0.596. The van der Waals surface area contributed by atoms with E-state index >= 15 is 0 Å². The van der Waals surface area contributed by atoms with E-state index in [9.17, 15) is 8.42 Å². The standard InChI is InChI=1S/C4H7ClO3S/c1-4(2-5)3-9(6,7)8/h2H,3H2,1H3,(H,6,7,8)/b4-2+. The van der Waals surface area contributed by atoms with Gasteiger partial charge >= 0.3 is 0 Å². The van der Waals surface area contributed by atoms with Crippen LogP contribution in [0.5, 0.6) is 0 Å². The molecule has 0 unspecified atom stereocenters. The molecule has 0 aliphatic carbocycles. The fourth-order valence-corrected chi connectivity index (χ4v) is 1.15. The lowest BCUT2D eigenvalue weighted by molar-refractivity contribution is 0.486. The van der Waals surface area contributed by atoms with E-state index in [-0.39, 0.29) is 0 Å². The van der Waals surface area contributed by atoms with Gasteiger partial charge in [0, 0.05) is 5.54 Å². The van der Waals surface area contributed by atoms with Gasteiger partial charge in [0.05, 0.1) is 5.75 Å². The van der Waals surface area contributed by atoms with E-state index in [0.29, 0.717) is 5.57 Å². The second-order valence-corrected chi connectivity index (χ2v) is 3.35. The molecule has 3 nitrogen and oxygen atoms in total. The van der Waals surface area contributed by atoms with Crippen LogP contribution >= 0.6 is 11.6 Å². The van der Waals surface area contributed by atoms with Crippen LogP contribution in [-0.2, 0) is 10.1 Å². The van der Waals surface area contributed by atoms with Crippen LogP contribution in [0.3, 0.4) is 0 Å². The maximum absolute atomic E-state index is 10.1. The lowest BCUT2D eigenvalue weighted by Gasteiger charge is -1.92. The van der Waals surface area contributed by atoms with Crippen molar-refractivity contribution in [2.45, 2.75) is 6.92 Å². The molecule has 5 heteroatoms. The van der Waals surface area contributed by atoms with Gasteiger partial charge in [0.15, 0.2) is 0 Å². The van der Waals surface area contributed by atoms with Crippen molar-refractivity contribution in [3.63, 3.8) is 0 Å². The van der Waals surface area contributed by atoms with Crippen LogP contribution in [0.4, 0.5) is 0 Å². The minimum absolute atomic E-state index is 0.392. The van der Waals surface area contributed by atoms with E-state index in [1.165, 1.54) is 6.92 Å². The summed E-state index contributed by atoms with van der Waals surface area (Å²) < 4.78 is 28.3. The molecule has 54 valence electrons.